The van der Waals surface area contributed by atoms with Gasteiger partial charge in [0, 0.05) is 17.8 Å². The first kappa shape index (κ1) is 14.8. The van der Waals surface area contributed by atoms with Gasteiger partial charge in [0.15, 0.2) is 0 Å². The van der Waals surface area contributed by atoms with Crippen LogP contribution in [-0.2, 0) is 11.2 Å². The number of nitrogens with one attached hydrogen (secondary N) is 1. The molecule has 0 spiro atoms. The second kappa shape index (κ2) is 6.34. The third-order valence-corrected chi connectivity index (χ3v) is 4.62. The van der Waals surface area contributed by atoms with Crippen LogP contribution in [0, 0.1) is 13.8 Å². The van der Waals surface area contributed by atoms with E-state index in [2.05, 4.69) is 39.4 Å². The average molecular weight is 297 g/mol. The molecule has 0 bridgehead atoms. The number of hydrogen-bond acceptors (Lipinski definition) is 2. The van der Waals surface area contributed by atoms with Gasteiger partial charge in [-0.1, -0.05) is 30.3 Å². The molecule has 1 aromatic carbocycles. The molecule has 22 heavy (non-hydrogen) atoms. The monoisotopic (exact) mass is 297 g/mol. The molecular formula is C18H23N3O. The topological polar surface area (TPSA) is 49.0 Å². The molecule has 0 aliphatic carbocycles. The summed E-state index contributed by atoms with van der Waals surface area (Å²) in [5.41, 5.74) is 4.22. The zero-order valence-corrected chi connectivity index (χ0v) is 13.3. The van der Waals surface area contributed by atoms with Crippen LogP contribution in [0.2, 0.25) is 0 Å². The maximum absolute atomic E-state index is 12.8. The first-order chi connectivity index (χ1) is 10.7. The van der Waals surface area contributed by atoms with Gasteiger partial charge in [-0.05, 0) is 38.7 Å². The Bertz CT molecular complexity index is 628. The first-order valence-corrected chi connectivity index (χ1v) is 8.01. The zero-order valence-electron chi connectivity index (χ0n) is 13.3. The Kier molecular flexibility index (Phi) is 4.27. The Morgan fingerprint density at radius 2 is 2.05 bits per heavy atom. The van der Waals surface area contributed by atoms with E-state index >= 15 is 0 Å². The lowest BCUT2D eigenvalue weighted by molar-refractivity contribution is -0.134. The van der Waals surface area contributed by atoms with Gasteiger partial charge < -0.3 is 4.90 Å². The first-order valence-electron chi connectivity index (χ1n) is 8.01. The van der Waals surface area contributed by atoms with E-state index in [9.17, 15) is 4.79 Å². The number of aromatic nitrogens is 2. The molecule has 3 rings (SSSR count). The molecule has 4 nitrogen and oxygen atoms in total. The summed E-state index contributed by atoms with van der Waals surface area (Å²) in [5, 5.41) is 7.16. The van der Waals surface area contributed by atoms with Crippen molar-refractivity contribution in [2.75, 3.05) is 6.54 Å². The minimum atomic E-state index is 0.209. The van der Waals surface area contributed by atoms with Gasteiger partial charge in [-0.3, -0.25) is 9.89 Å². The lowest BCUT2D eigenvalue weighted by Crippen LogP contribution is -2.39. The van der Waals surface area contributed by atoms with Crippen LogP contribution in [0.1, 0.15) is 47.8 Å². The van der Waals surface area contributed by atoms with Crippen molar-refractivity contribution in [1.29, 1.82) is 0 Å². The highest BCUT2D eigenvalue weighted by atomic mass is 16.2. The van der Waals surface area contributed by atoms with Crippen LogP contribution in [0.5, 0.6) is 0 Å². The van der Waals surface area contributed by atoms with Crippen molar-refractivity contribution in [1.82, 2.24) is 15.1 Å². The van der Waals surface area contributed by atoms with E-state index in [0.717, 1.165) is 36.3 Å². The largest absolute Gasteiger partial charge is 0.335 e. The fourth-order valence-electron chi connectivity index (χ4n) is 3.34. The molecule has 116 valence electrons. The second-order valence-electron chi connectivity index (χ2n) is 6.10. The number of piperidine rings is 1. The molecular weight excluding hydrogens is 274 g/mol. The Balaban J connectivity index is 1.80. The molecule has 1 N–H and O–H groups in total. The van der Waals surface area contributed by atoms with E-state index in [1.165, 1.54) is 12.0 Å². The molecule has 1 aliphatic heterocycles. The number of benzene rings is 1. The van der Waals surface area contributed by atoms with Crippen LogP contribution in [0.15, 0.2) is 30.3 Å². The fourth-order valence-corrected chi connectivity index (χ4v) is 3.34. The summed E-state index contributed by atoms with van der Waals surface area (Å²) in [7, 11) is 0. The molecule has 1 saturated heterocycles. The number of carbonyl (C=O) groups excluding carboxylic acids is 1. The molecule has 2 heterocycles. The van der Waals surface area contributed by atoms with Gasteiger partial charge in [-0.25, -0.2) is 0 Å². The maximum atomic E-state index is 12.8. The average Bonchev–Trinajstić information content (AvgIpc) is 2.87. The molecule has 1 fully saturated rings. The smallest absolute Gasteiger partial charge is 0.227 e. The maximum Gasteiger partial charge on any atom is 0.227 e. The van der Waals surface area contributed by atoms with Crippen molar-refractivity contribution >= 4 is 5.91 Å². The minimum absolute atomic E-state index is 0.209. The molecule has 1 aliphatic rings. The van der Waals surface area contributed by atoms with Gasteiger partial charge in [-0.2, -0.15) is 5.10 Å². The summed E-state index contributed by atoms with van der Waals surface area (Å²) < 4.78 is 0. The van der Waals surface area contributed by atoms with Gasteiger partial charge in [-0.15, -0.1) is 0 Å². The van der Waals surface area contributed by atoms with Gasteiger partial charge in [0.1, 0.15) is 0 Å². The van der Waals surface area contributed by atoms with E-state index in [1.807, 2.05) is 19.9 Å². The molecule has 1 aromatic heterocycles. The Labute approximate surface area is 131 Å². The van der Waals surface area contributed by atoms with Gasteiger partial charge in [0.2, 0.25) is 5.91 Å². The normalized spacial score (nSPS) is 18.5. The lowest BCUT2D eigenvalue weighted by Gasteiger charge is -2.36. The molecule has 1 amide bonds. The summed E-state index contributed by atoms with van der Waals surface area (Å²) in [6, 6.07) is 10.6. The Hall–Kier alpha value is -2.10. The van der Waals surface area contributed by atoms with E-state index in [4.69, 9.17) is 0 Å². The van der Waals surface area contributed by atoms with Crippen molar-refractivity contribution in [3.8, 4) is 0 Å². The van der Waals surface area contributed by atoms with E-state index in [-0.39, 0.29) is 11.9 Å². The van der Waals surface area contributed by atoms with Crippen molar-refractivity contribution in [2.45, 2.75) is 45.6 Å². The third-order valence-electron chi connectivity index (χ3n) is 4.62. The molecule has 2 aromatic rings. The van der Waals surface area contributed by atoms with Crippen molar-refractivity contribution in [3.05, 3.63) is 52.8 Å². The summed E-state index contributed by atoms with van der Waals surface area (Å²) in [5.74, 6) is 0.209. The minimum Gasteiger partial charge on any atom is -0.335 e. The highest BCUT2D eigenvalue weighted by molar-refractivity contribution is 5.80. The van der Waals surface area contributed by atoms with Gasteiger partial charge >= 0.3 is 0 Å². The number of carbonyl (C=O) groups is 1. The summed E-state index contributed by atoms with van der Waals surface area (Å²) in [6.45, 7) is 4.79. The van der Waals surface area contributed by atoms with Crippen molar-refractivity contribution in [2.24, 2.45) is 0 Å². The number of aromatic amines is 1. The highest BCUT2D eigenvalue weighted by Crippen LogP contribution is 2.31. The second-order valence-corrected chi connectivity index (χ2v) is 6.10. The van der Waals surface area contributed by atoms with Crippen LogP contribution in [0.4, 0.5) is 0 Å². The zero-order chi connectivity index (χ0) is 15.5. The summed E-state index contributed by atoms with van der Waals surface area (Å²) in [4.78, 5) is 14.9. The number of rotatable bonds is 3. The summed E-state index contributed by atoms with van der Waals surface area (Å²) >= 11 is 0. The lowest BCUT2D eigenvalue weighted by atomic mass is 9.94. The van der Waals surface area contributed by atoms with Gasteiger partial charge in [0.25, 0.3) is 0 Å². The van der Waals surface area contributed by atoms with Crippen molar-refractivity contribution < 1.29 is 4.79 Å². The van der Waals surface area contributed by atoms with Crippen LogP contribution in [0.25, 0.3) is 0 Å². The Morgan fingerprint density at radius 3 is 2.73 bits per heavy atom. The summed E-state index contributed by atoms with van der Waals surface area (Å²) in [6.07, 6.45) is 3.78. The van der Waals surface area contributed by atoms with Crippen LogP contribution < -0.4 is 0 Å². The fraction of sp³-hybridized carbons (Fsp3) is 0.444. The highest BCUT2D eigenvalue weighted by Gasteiger charge is 2.28. The number of amides is 1. The number of aryl methyl sites for hydroxylation is 2. The van der Waals surface area contributed by atoms with E-state index in [0.29, 0.717) is 6.42 Å². The van der Waals surface area contributed by atoms with E-state index < -0.39 is 0 Å². The van der Waals surface area contributed by atoms with Crippen LogP contribution >= 0.6 is 0 Å². The Morgan fingerprint density at radius 1 is 1.27 bits per heavy atom. The number of likely N-dealkylation sites (tertiary alicyclic amines) is 1. The number of nitrogens with zero attached hydrogens (tertiary/aromatic N) is 2. The molecule has 4 heteroatoms. The van der Waals surface area contributed by atoms with Gasteiger partial charge in [0.05, 0.1) is 18.2 Å². The quantitative estimate of drug-likeness (QED) is 0.944. The molecule has 1 atom stereocenters. The molecule has 0 saturated carbocycles. The standard InChI is InChI=1S/C18H23N3O/c1-13-16(14(2)20-19-13)12-18(22)21-11-7-6-10-17(21)15-8-4-3-5-9-15/h3-5,8-9,17H,6-7,10-12H2,1-2H3,(H,19,20)/t17-/m0/s1. The number of hydrogen-bond donors (Lipinski definition) is 1. The van der Waals surface area contributed by atoms with E-state index in [1.54, 1.807) is 0 Å². The SMILES string of the molecule is Cc1n[nH]c(C)c1CC(=O)N1CCCC[C@H]1c1ccccc1. The predicted molar refractivity (Wildman–Crippen MR) is 86.5 cm³/mol. The number of H-pyrrole nitrogens is 1. The van der Waals surface area contributed by atoms with Crippen LogP contribution in [0.3, 0.4) is 0 Å². The molecule has 0 unspecified atom stereocenters. The third kappa shape index (κ3) is 2.91. The van der Waals surface area contributed by atoms with Crippen molar-refractivity contribution in [3.63, 3.8) is 0 Å². The van der Waals surface area contributed by atoms with Crippen LogP contribution in [-0.4, -0.2) is 27.5 Å². The predicted octanol–water partition coefficient (Wildman–Crippen LogP) is 3.32. The molecule has 0 radical (unpaired) electrons.